The van der Waals surface area contributed by atoms with Crippen LogP contribution in [0.4, 0.5) is 0 Å². The average Bonchev–Trinajstić information content (AvgIpc) is 2.82. The van der Waals surface area contributed by atoms with Crippen molar-refractivity contribution in [1.82, 2.24) is 4.90 Å². The molecule has 1 heterocycles. The first-order valence-electron chi connectivity index (χ1n) is 8.86. The minimum Gasteiger partial charge on any atom is -0.375 e. The Hall–Kier alpha value is -0.120. The Balaban J connectivity index is 1.91. The summed E-state index contributed by atoms with van der Waals surface area (Å²) in [5.41, 5.74) is 7.36. The SMILES string of the molecule is CC1(C)CC(C)(C)CC(CN)(N2CCOC3CCCC32)C1. The topological polar surface area (TPSA) is 38.5 Å². The van der Waals surface area contributed by atoms with Crippen LogP contribution in [0.15, 0.2) is 0 Å². The van der Waals surface area contributed by atoms with E-state index in [9.17, 15) is 0 Å². The highest BCUT2D eigenvalue weighted by Crippen LogP contribution is 2.53. The number of nitrogens with two attached hydrogens (primary N) is 1. The zero-order valence-electron chi connectivity index (χ0n) is 14.5. The maximum Gasteiger partial charge on any atom is 0.0731 e. The highest BCUT2D eigenvalue weighted by Gasteiger charge is 2.53. The molecule has 21 heavy (non-hydrogen) atoms. The molecule has 2 saturated carbocycles. The van der Waals surface area contributed by atoms with Gasteiger partial charge in [-0.2, -0.15) is 0 Å². The summed E-state index contributed by atoms with van der Waals surface area (Å²) in [6.07, 6.45) is 8.11. The fourth-order valence-corrected chi connectivity index (χ4v) is 6.24. The van der Waals surface area contributed by atoms with E-state index in [1.54, 1.807) is 0 Å². The Morgan fingerprint density at radius 2 is 1.71 bits per heavy atom. The number of hydrogen-bond donors (Lipinski definition) is 1. The van der Waals surface area contributed by atoms with E-state index in [0.717, 1.165) is 19.7 Å². The summed E-state index contributed by atoms with van der Waals surface area (Å²) in [7, 11) is 0. The predicted molar refractivity (Wildman–Crippen MR) is 87.3 cm³/mol. The van der Waals surface area contributed by atoms with Gasteiger partial charge in [-0.1, -0.05) is 27.7 Å². The molecule has 3 heteroatoms. The van der Waals surface area contributed by atoms with Gasteiger partial charge in [-0.25, -0.2) is 0 Å². The summed E-state index contributed by atoms with van der Waals surface area (Å²) >= 11 is 0. The minimum absolute atomic E-state index is 0.183. The first-order valence-corrected chi connectivity index (χ1v) is 8.86. The summed E-state index contributed by atoms with van der Waals surface area (Å²) in [5, 5.41) is 0. The van der Waals surface area contributed by atoms with Crippen LogP contribution in [-0.4, -0.2) is 42.3 Å². The summed E-state index contributed by atoms with van der Waals surface area (Å²) < 4.78 is 6.03. The molecule has 2 aliphatic carbocycles. The van der Waals surface area contributed by atoms with E-state index in [1.165, 1.54) is 38.5 Å². The molecule has 2 unspecified atom stereocenters. The van der Waals surface area contributed by atoms with E-state index in [-0.39, 0.29) is 5.54 Å². The molecule has 122 valence electrons. The second-order valence-electron chi connectivity index (χ2n) is 9.39. The highest BCUT2D eigenvalue weighted by molar-refractivity contribution is 5.08. The third-order valence-corrected chi connectivity index (χ3v) is 6.04. The lowest BCUT2D eigenvalue weighted by Gasteiger charge is -2.59. The van der Waals surface area contributed by atoms with Gasteiger partial charge in [0.1, 0.15) is 0 Å². The van der Waals surface area contributed by atoms with Crippen LogP contribution in [0.2, 0.25) is 0 Å². The lowest BCUT2D eigenvalue weighted by molar-refractivity contribution is -0.133. The van der Waals surface area contributed by atoms with Crippen LogP contribution in [0.3, 0.4) is 0 Å². The number of fused-ring (bicyclic) bond motifs is 1. The maximum atomic E-state index is 6.41. The zero-order chi connectivity index (χ0) is 15.3. The van der Waals surface area contributed by atoms with Crippen LogP contribution in [0, 0.1) is 10.8 Å². The van der Waals surface area contributed by atoms with Gasteiger partial charge in [0, 0.05) is 24.7 Å². The van der Waals surface area contributed by atoms with Gasteiger partial charge in [-0.15, -0.1) is 0 Å². The molecule has 1 saturated heterocycles. The van der Waals surface area contributed by atoms with Gasteiger partial charge in [0.05, 0.1) is 12.7 Å². The Morgan fingerprint density at radius 3 is 2.33 bits per heavy atom. The van der Waals surface area contributed by atoms with E-state index >= 15 is 0 Å². The third kappa shape index (κ3) is 2.89. The Bertz CT molecular complexity index is 375. The van der Waals surface area contributed by atoms with Crippen molar-refractivity contribution in [1.29, 1.82) is 0 Å². The van der Waals surface area contributed by atoms with Crippen LogP contribution in [-0.2, 0) is 4.74 Å². The smallest absolute Gasteiger partial charge is 0.0731 e. The largest absolute Gasteiger partial charge is 0.375 e. The Morgan fingerprint density at radius 1 is 1.05 bits per heavy atom. The van der Waals surface area contributed by atoms with Gasteiger partial charge in [-0.3, -0.25) is 4.90 Å². The Labute approximate surface area is 130 Å². The van der Waals surface area contributed by atoms with Crippen molar-refractivity contribution in [2.24, 2.45) is 16.6 Å². The van der Waals surface area contributed by atoms with Crippen molar-refractivity contribution < 1.29 is 4.74 Å². The van der Waals surface area contributed by atoms with Crippen LogP contribution in [0.25, 0.3) is 0 Å². The van der Waals surface area contributed by atoms with Gasteiger partial charge in [0.2, 0.25) is 0 Å². The van der Waals surface area contributed by atoms with E-state index in [1.807, 2.05) is 0 Å². The molecule has 0 amide bonds. The summed E-state index contributed by atoms with van der Waals surface area (Å²) in [5.74, 6) is 0. The second-order valence-corrected chi connectivity index (χ2v) is 9.39. The molecule has 0 aromatic rings. The van der Waals surface area contributed by atoms with Crippen LogP contribution in [0.5, 0.6) is 0 Å². The zero-order valence-corrected chi connectivity index (χ0v) is 14.5. The van der Waals surface area contributed by atoms with E-state index in [2.05, 4.69) is 32.6 Å². The fourth-order valence-electron chi connectivity index (χ4n) is 6.24. The lowest BCUT2D eigenvalue weighted by Crippen LogP contribution is -2.66. The first-order chi connectivity index (χ1) is 9.77. The molecular formula is C18H34N2O. The maximum absolute atomic E-state index is 6.41. The number of rotatable bonds is 2. The molecule has 3 rings (SSSR count). The third-order valence-electron chi connectivity index (χ3n) is 6.04. The van der Waals surface area contributed by atoms with Crippen molar-refractivity contribution in [3.63, 3.8) is 0 Å². The molecular weight excluding hydrogens is 260 g/mol. The number of nitrogens with zero attached hydrogens (tertiary/aromatic N) is 1. The van der Waals surface area contributed by atoms with E-state index in [0.29, 0.717) is 23.0 Å². The second kappa shape index (κ2) is 5.21. The molecule has 3 aliphatic rings. The highest BCUT2D eigenvalue weighted by atomic mass is 16.5. The average molecular weight is 294 g/mol. The normalized spacial score (nSPS) is 38.1. The molecule has 0 spiro atoms. The molecule has 2 N–H and O–H groups in total. The summed E-state index contributed by atoms with van der Waals surface area (Å²) in [4.78, 5) is 2.79. The van der Waals surface area contributed by atoms with Crippen molar-refractivity contribution in [2.75, 3.05) is 19.7 Å². The van der Waals surface area contributed by atoms with Crippen molar-refractivity contribution >= 4 is 0 Å². The van der Waals surface area contributed by atoms with Crippen LogP contribution in [0.1, 0.15) is 66.2 Å². The first kappa shape index (κ1) is 15.8. The number of ether oxygens (including phenoxy) is 1. The van der Waals surface area contributed by atoms with Crippen molar-refractivity contribution in [3.05, 3.63) is 0 Å². The summed E-state index contributed by atoms with van der Waals surface area (Å²) in [6, 6.07) is 0.618. The monoisotopic (exact) mass is 294 g/mol. The van der Waals surface area contributed by atoms with Gasteiger partial charge in [-0.05, 0) is 49.4 Å². The van der Waals surface area contributed by atoms with Crippen LogP contribution < -0.4 is 5.73 Å². The van der Waals surface area contributed by atoms with Crippen molar-refractivity contribution in [2.45, 2.75) is 83.9 Å². The summed E-state index contributed by atoms with van der Waals surface area (Å²) in [6.45, 7) is 12.5. The quantitative estimate of drug-likeness (QED) is 0.850. The molecule has 1 aliphatic heterocycles. The fraction of sp³-hybridized carbons (Fsp3) is 1.00. The molecule has 0 aromatic heterocycles. The van der Waals surface area contributed by atoms with Crippen molar-refractivity contribution in [3.8, 4) is 0 Å². The number of morpholine rings is 1. The van der Waals surface area contributed by atoms with Gasteiger partial charge in [0.15, 0.2) is 0 Å². The van der Waals surface area contributed by atoms with Gasteiger partial charge < -0.3 is 10.5 Å². The van der Waals surface area contributed by atoms with Gasteiger partial charge >= 0.3 is 0 Å². The Kier molecular flexibility index (Phi) is 3.91. The molecule has 0 radical (unpaired) electrons. The molecule has 0 aromatic carbocycles. The minimum atomic E-state index is 0.183. The van der Waals surface area contributed by atoms with E-state index < -0.39 is 0 Å². The standard InChI is InChI=1S/C18H34N2O/c1-16(2)10-17(3,4)12-18(11-16,13-19)20-8-9-21-15-7-5-6-14(15)20/h14-15H,5-13,19H2,1-4H3. The molecule has 0 bridgehead atoms. The predicted octanol–water partition coefficient (Wildman–Crippen LogP) is 3.17. The van der Waals surface area contributed by atoms with E-state index in [4.69, 9.17) is 10.5 Å². The van der Waals surface area contributed by atoms with Crippen LogP contribution >= 0.6 is 0 Å². The molecule has 3 fully saturated rings. The van der Waals surface area contributed by atoms with Gasteiger partial charge in [0.25, 0.3) is 0 Å². The molecule has 2 atom stereocenters. The lowest BCUT2D eigenvalue weighted by atomic mass is 9.57. The number of hydrogen-bond acceptors (Lipinski definition) is 3. The molecule has 3 nitrogen and oxygen atoms in total.